The Morgan fingerprint density at radius 3 is 2.71 bits per heavy atom. The molecule has 0 saturated carbocycles. The second-order valence-corrected chi connectivity index (χ2v) is 7.51. The van der Waals surface area contributed by atoms with E-state index in [1.54, 1.807) is 6.07 Å². The SMILES string of the molecule is N#CC1=C(N)N(NC(=O)c2cccnc2Cl)C2=C(C(=O)CCC2)C1c1ccc(F)cc1. The zero-order valence-corrected chi connectivity index (χ0v) is 17.0. The van der Waals surface area contributed by atoms with E-state index in [4.69, 9.17) is 17.3 Å². The number of benzene rings is 1. The number of allylic oxidation sites excluding steroid dienone is 3. The molecule has 4 rings (SSSR count). The Morgan fingerprint density at radius 1 is 1.29 bits per heavy atom. The maximum absolute atomic E-state index is 13.5. The van der Waals surface area contributed by atoms with Gasteiger partial charge in [0.25, 0.3) is 5.91 Å². The smallest absolute Gasteiger partial charge is 0.273 e. The molecule has 1 aliphatic carbocycles. The van der Waals surface area contributed by atoms with Gasteiger partial charge in [0.2, 0.25) is 0 Å². The van der Waals surface area contributed by atoms with Crippen LogP contribution in [-0.2, 0) is 4.79 Å². The summed E-state index contributed by atoms with van der Waals surface area (Å²) < 4.78 is 13.5. The maximum Gasteiger partial charge on any atom is 0.273 e. The molecule has 7 nitrogen and oxygen atoms in total. The van der Waals surface area contributed by atoms with Gasteiger partial charge in [0.1, 0.15) is 16.8 Å². The van der Waals surface area contributed by atoms with Crippen LogP contribution >= 0.6 is 11.6 Å². The molecule has 1 aliphatic heterocycles. The number of halogens is 2. The van der Waals surface area contributed by atoms with Crippen LogP contribution in [0.1, 0.15) is 41.1 Å². The Labute approximate surface area is 182 Å². The molecular formula is C22H17ClFN5O2. The number of amides is 1. The van der Waals surface area contributed by atoms with Crippen molar-refractivity contribution in [3.8, 4) is 6.07 Å². The number of carbonyl (C=O) groups excluding carboxylic acids is 2. The highest BCUT2D eigenvalue weighted by Crippen LogP contribution is 2.44. The van der Waals surface area contributed by atoms with Crippen molar-refractivity contribution in [1.29, 1.82) is 5.26 Å². The number of hydrogen-bond donors (Lipinski definition) is 2. The van der Waals surface area contributed by atoms with E-state index >= 15 is 0 Å². The van der Waals surface area contributed by atoms with E-state index < -0.39 is 17.6 Å². The summed E-state index contributed by atoms with van der Waals surface area (Å²) in [5.74, 6) is -1.89. The Bertz CT molecular complexity index is 1180. The minimum absolute atomic E-state index is 0.00126. The summed E-state index contributed by atoms with van der Waals surface area (Å²) in [6.07, 6.45) is 2.81. The number of nitrogens with one attached hydrogen (secondary N) is 1. The maximum atomic E-state index is 13.5. The molecule has 1 aromatic heterocycles. The Balaban J connectivity index is 1.82. The van der Waals surface area contributed by atoms with Gasteiger partial charge in [0.15, 0.2) is 5.78 Å². The van der Waals surface area contributed by atoms with Crippen LogP contribution in [0.5, 0.6) is 0 Å². The van der Waals surface area contributed by atoms with E-state index in [1.165, 1.54) is 41.5 Å². The average Bonchev–Trinajstić information content (AvgIpc) is 2.76. The van der Waals surface area contributed by atoms with Crippen molar-refractivity contribution in [2.45, 2.75) is 25.2 Å². The monoisotopic (exact) mass is 437 g/mol. The number of nitrogens with zero attached hydrogens (tertiary/aromatic N) is 3. The van der Waals surface area contributed by atoms with E-state index in [9.17, 15) is 19.2 Å². The minimum atomic E-state index is -0.733. The van der Waals surface area contributed by atoms with Crippen LogP contribution in [0.2, 0.25) is 5.15 Å². The number of nitriles is 1. The van der Waals surface area contributed by atoms with Gasteiger partial charge in [-0.2, -0.15) is 5.26 Å². The Morgan fingerprint density at radius 2 is 2.03 bits per heavy atom. The van der Waals surface area contributed by atoms with E-state index in [1.807, 2.05) is 0 Å². The molecule has 2 aromatic rings. The highest BCUT2D eigenvalue weighted by molar-refractivity contribution is 6.32. The number of rotatable bonds is 3. The first-order chi connectivity index (χ1) is 14.9. The van der Waals surface area contributed by atoms with Crippen LogP contribution in [0.25, 0.3) is 0 Å². The molecule has 3 N–H and O–H groups in total. The average molecular weight is 438 g/mol. The van der Waals surface area contributed by atoms with Crippen LogP contribution in [0, 0.1) is 17.1 Å². The summed E-state index contributed by atoms with van der Waals surface area (Å²) >= 11 is 6.02. The number of nitrogens with two attached hydrogens (primary N) is 1. The van der Waals surface area contributed by atoms with Crippen LogP contribution in [0.15, 0.2) is 65.3 Å². The summed E-state index contributed by atoms with van der Waals surface area (Å²) in [5.41, 5.74) is 10.6. The quantitative estimate of drug-likeness (QED) is 0.712. The fourth-order valence-electron chi connectivity index (χ4n) is 3.92. The van der Waals surface area contributed by atoms with Gasteiger partial charge in [0, 0.05) is 23.9 Å². The lowest BCUT2D eigenvalue weighted by Gasteiger charge is -2.39. The third-order valence-corrected chi connectivity index (χ3v) is 5.63. The number of ketones is 1. The van der Waals surface area contributed by atoms with E-state index in [0.717, 1.165) is 0 Å². The van der Waals surface area contributed by atoms with Crippen molar-refractivity contribution in [1.82, 2.24) is 15.4 Å². The summed E-state index contributed by atoms with van der Waals surface area (Å²) in [7, 11) is 0. The highest BCUT2D eigenvalue weighted by atomic mass is 35.5. The normalized spacial score (nSPS) is 18.5. The van der Waals surface area contributed by atoms with E-state index in [2.05, 4.69) is 16.5 Å². The van der Waals surface area contributed by atoms with Crippen LogP contribution < -0.4 is 11.2 Å². The molecule has 0 fully saturated rings. The molecule has 1 aromatic carbocycles. The third kappa shape index (κ3) is 3.64. The second kappa shape index (κ2) is 8.20. The van der Waals surface area contributed by atoms with Gasteiger partial charge >= 0.3 is 0 Å². The number of carbonyl (C=O) groups is 2. The molecule has 1 atom stereocenters. The van der Waals surface area contributed by atoms with Crippen molar-refractivity contribution in [2.75, 3.05) is 0 Å². The van der Waals surface area contributed by atoms with Gasteiger partial charge < -0.3 is 5.73 Å². The topological polar surface area (TPSA) is 112 Å². The number of aromatic nitrogens is 1. The van der Waals surface area contributed by atoms with Gasteiger partial charge in [-0.15, -0.1) is 0 Å². The first-order valence-corrected chi connectivity index (χ1v) is 9.93. The lowest BCUT2D eigenvalue weighted by Crippen LogP contribution is -2.48. The first kappa shape index (κ1) is 20.6. The summed E-state index contributed by atoms with van der Waals surface area (Å²) in [4.78, 5) is 29.6. The summed E-state index contributed by atoms with van der Waals surface area (Å²) in [6.45, 7) is 0. The number of Topliss-reactive ketones (excluding diaryl/α,β-unsaturated/α-hetero) is 1. The molecular weight excluding hydrogens is 421 g/mol. The van der Waals surface area contributed by atoms with Crippen molar-refractivity contribution in [3.63, 3.8) is 0 Å². The third-order valence-electron chi connectivity index (χ3n) is 5.33. The molecule has 0 spiro atoms. The number of hydrazine groups is 1. The molecule has 0 saturated heterocycles. The van der Waals surface area contributed by atoms with Crippen LogP contribution in [-0.4, -0.2) is 21.7 Å². The van der Waals surface area contributed by atoms with Crippen molar-refractivity contribution < 1.29 is 14.0 Å². The van der Waals surface area contributed by atoms with Crippen molar-refractivity contribution in [2.24, 2.45) is 5.73 Å². The molecule has 31 heavy (non-hydrogen) atoms. The van der Waals surface area contributed by atoms with Crippen LogP contribution in [0.4, 0.5) is 4.39 Å². The molecule has 2 heterocycles. The predicted octanol–water partition coefficient (Wildman–Crippen LogP) is 3.32. The standard InChI is InChI=1S/C22H17ClFN5O2/c23-20-14(3-2-10-27-20)22(31)28-29-16-4-1-5-17(30)19(16)18(15(11-25)21(29)26)12-6-8-13(24)9-7-12/h2-3,6-10,18H,1,4-5,26H2,(H,28,31). The summed E-state index contributed by atoms with van der Waals surface area (Å²) in [5, 5.41) is 11.2. The Hall–Kier alpha value is -3.70. The Kier molecular flexibility index (Phi) is 5.44. The summed E-state index contributed by atoms with van der Waals surface area (Å²) in [6, 6.07) is 10.7. The van der Waals surface area contributed by atoms with Crippen LogP contribution in [0.3, 0.4) is 0 Å². The minimum Gasteiger partial charge on any atom is -0.383 e. The lowest BCUT2D eigenvalue weighted by molar-refractivity contribution is -0.116. The largest absolute Gasteiger partial charge is 0.383 e. The van der Waals surface area contributed by atoms with Gasteiger partial charge in [-0.3, -0.25) is 15.0 Å². The lowest BCUT2D eigenvalue weighted by atomic mass is 9.76. The first-order valence-electron chi connectivity index (χ1n) is 9.55. The molecule has 1 amide bonds. The fourth-order valence-corrected chi connectivity index (χ4v) is 4.13. The van der Waals surface area contributed by atoms with Gasteiger partial charge in [-0.25, -0.2) is 14.4 Å². The van der Waals surface area contributed by atoms with Gasteiger partial charge in [-0.1, -0.05) is 23.7 Å². The zero-order valence-electron chi connectivity index (χ0n) is 16.2. The predicted molar refractivity (Wildman–Crippen MR) is 110 cm³/mol. The number of pyridine rings is 1. The molecule has 0 radical (unpaired) electrons. The van der Waals surface area contributed by atoms with E-state index in [-0.39, 0.29) is 27.9 Å². The van der Waals surface area contributed by atoms with Gasteiger partial charge in [-0.05, 0) is 42.7 Å². The molecule has 156 valence electrons. The highest BCUT2D eigenvalue weighted by Gasteiger charge is 2.40. The molecule has 2 aliphatic rings. The molecule has 9 heteroatoms. The second-order valence-electron chi connectivity index (χ2n) is 7.15. The fraction of sp³-hybridized carbons (Fsp3) is 0.182. The number of hydrogen-bond acceptors (Lipinski definition) is 6. The molecule has 0 bridgehead atoms. The zero-order chi connectivity index (χ0) is 22.1. The molecule has 1 unspecified atom stereocenters. The van der Waals surface area contributed by atoms with Crippen molar-refractivity contribution >= 4 is 23.3 Å². The van der Waals surface area contributed by atoms with Gasteiger partial charge in [0.05, 0.1) is 23.1 Å². The van der Waals surface area contributed by atoms with Crippen molar-refractivity contribution in [3.05, 3.63) is 87.4 Å². The van der Waals surface area contributed by atoms with E-state index in [0.29, 0.717) is 36.1 Å².